The highest BCUT2D eigenvalue weighted by Gasteiger charge is 2.18. The van der Waals surface area contributed by atoms with E-state index in [1.807, 2.05) is 17.5 Å². The fourth-order valence-corrected chi connectivity index (χ4v) is 2.75. The van der Waals surface area contributed by atoms with Crippen molar-refractivity contribution in [2.75, 3.05) is 20.3 Å². The molecule has 2 heterocycles. The normalized spacial score (nSPS) is 13.2. The van der Waals surface area contributed by atoms with Gasteiger partial charge in [-0.2, -0.15) is 0 Å². The van der Waals surface area contributed by atoms with E-state index in [4.69, 9.17) is 14.2 Å². The Morgan fingerprint density at radius 3 is 2.95 bits per heavy atom. The summed E-state index contributed by atoms with van der Waals surface area (Å²) < 4.78 is 16.5. The van der Waals surface area contributed by atoms with Crippen molar-refractivity contribution in [1.29, 1.82) is 0 Å². The van der Waals surface area contributed by atoms with Gasteiger partial charge in [-0.3, -0.25) is 4.79 Å². The van der Waals surface area contributed by atoms with Crippen molar-refractivity contribution in [2.24, 2.45) is 0 Å². The van der Waals surface area contributed by atoms with Gasteiger partial charge in [0.15, 0.2) is 11.5 Å². The van der Waals surface area contributed by atoms with E-state index in [0.29, 0.717) is 43.6 Å². The minimum atomic E-state index is -0.0344. The van der Waals surface area contributed by atoms with Crippen molar-refractivity contribution in [2.45, 2.75) is 13.1 Å². The van der Waals surface area contributed by atoms with Crippen LogP contribution in [0.5, 0.6) is 17.2 Å². The molecule has 0 unspecified atom stereocenters. The molecule has 1 aromatic carbocycles. The molecule has 0 amide bonds. The topological polar surface area (TPSA) is 72.6 Å². The molecular weight excluding hydrogens is 292 g/mol. The van der Waals surface area contributed by atoms with Gasteiger partial charge < -0.3 is 24.5 Å². The number of benzene rings is 1. The minimum absolute atomic E-state index is 0.0344. The molecule has 0 fully saturated rings. The van der Waals surface area contributed by atoms with Gasteiger partial charge in [0.05, 0.1) is 7.11 Å². The van der Waals surface area contributed by atoms with Crippen LogP contribution in [-0.2, 0) is 13.1 Å². The first-order valence-corrected chi connectivity index (χ1v) is 7.48. The Labute approximate surface area is 125 Å². The third kappa shape index (κ3) is 3.20. The van der Waals surface area contributed by atoms with E-state index in [1.54, 1.807) is 7.11 Å². The van der Waals surface area contributed by atoms with Crippen LogP contribution in [0.2, 0.25) is 0 Å². The van der Waals surface area contributed by atoms with E-state index < -0.39 is 0 Å². The van der Waals surface area contributed by atoms with Gasteiger partial charge >= 0.3 is 4.87 Å². The lowest BCUT2D eigenvalue weighted by Crippen LogP contribution is -2.17. The molecule has 0 saturated heterocycles. The monoisotopic (exact) mass is 308 g/mol. The Hall–Kier alpha value is -1.99. The average molecular weight is 308 g/mol. The zero-order valence-corrected chi connectivity index (χ0v) is 12.4. The SMILES string of the molecule is COc1cc(CNCc2csc(=O)[nH]2)cc2c1OCCO2. The Morgan fingerprint density at radius 2 is 2.19 bits per heavy atom. The highest BCUT2D eigenvalue weighted by atomic mass is 32.1. The van der Waals surface area contributed by atoms with Crippen molar-refractivity contribution in [3.05, 3.63) is 38.4 Å². The number of ether oxygens (including phenoxy) is 3. The number of fused-ring (bicyclic) bond motifs is 1. The van der Waals surface area contributed by atoms with Crippen LogP contribution in [0.15, 0.2) is 22.3 Å². The molecule has 0 aliphatic carbocycles. The maximum atomic E-state index is 11.1. The minimum Gasteiger partial charge on any atom is -0.493 e. The Bertz CT molecular complexity index is 663. The number of hydrogen-bond donors (Lipinski definition) is 2. The van der Waals surface area contributed by atoms with Crippen LogP contribution >= 0.6 is 11.3 Å². The van der Waals surface area contributed by atoms with Gasteiger partial charge in [-0.25, -0.2) is 0 Å². The molecule has 0 spiro atoms. The van der Waals surface area contributed by atoms with E-state index in [2.05, 4.69) is 10.3 Å². The number of nitrogens with one attached hydrogen (secondary N) is 2. The summed E-state index contributed by atoms with van der Waals surface area (Å²) in [4.78, 5) is 13.8. The molecule has 1 aromatic heterocycles. The van der Waals surface area contributed by atoms with Gasteiger partial charge in [0, 0.05) is 24.2 Å². The van der Waals surface area contributed by atoms with Crippen LogP contribution in [0.1, 0.15) is 11.3 Å². The maximum absolute atomic E-state index is 11.1. The molecule has 2 aromatic rings. The van der Waals surface area contributed by atoms with E-state index in [9.17, 15) is 4.79 Å². The molecule has 0 atom stereocenters. The predicted octanol–water partition coefficient (Wildman–Crippen LogP) is 1.51. The van der Waals surface area contributed by atoms with Gasteiger partial charge in [-0.1, -0.05) is 11.3 Å². The molecule has 0 bridgehead atoms. The lowest BCUT2D eigenvalue weighted by Gasteiger charge is -2.21. The lowest BCUT2D eigenvalue weighted by atomic mass is 10.1. The molecule has 21 heavy (non-hydrogen) atoms. The van der Waals surface area contributed by atoms with E-state index in [0.717, 1.165) is 11.3 Å². The summed E-state index contributed by atoms with van der Waals surface area (Å²) in [6, 6.07) is 3.87. The quantitative estimate of drug-likeness (QED) is 0.876. The van der Waals surface area contributed by atoms with Crippen LogP contribution in [0.25, 0.3) is 0 Å². The van der Waals surface area contributed by atoms with Gasteiger partial charge in [0.1, 0.15) is 13.2 Å². The fraction of sp³-hybridized carbons (Fsp3) is 0.357. The second-order valence-electron chi connectivity index (χ2n) is 4.60. The number of rotatable bonds is 5. The smallest absolute Gasteiger partial charge is 0.304 e. The second kappa shape index (κ2) is 6.19. The predicted molar refractivity (Wildman–Crippen MR) is 79.5 cm³/mol. The van der Waals surface area contributed by atoms with Crippen molar-refractivity contribution < 1.29 is 14.2 Å². The molecular formula is C14H16N2O4S. The van der Waals surface area contributed by atoms with Crippen molar-refractivity contribution in [3.8, 4) is 17.2 Å². The Kier molecular flexibility index (Phi) is 4.12. The first-order valence-electron chi connectivity index (χ1n) is 6.60. The highest BCUT2D eigenvalue weighted by Crippen LogP contribution is 2.40. The highest BCUT2D eigenvalue weighted by molar-refractivity contribution is 7.07. The van der Waals surface area contributed by atoms with Gasteiger partial charge in [-0.05, 0) is 17.7 Å². The number of aromatic nitrogens is 1. The number of aromatic amines is 1. The summed E-state index contributed by atoms with van der Waals surface area (Å²) in [7, 11) is 1.61. The molecule has 6 nitrogen and oxygen atoms in total. The molecule has 3 rings (SSSR count). The van der Waals surface area contributed by atoms with Crippen LogP contribution in [0.4, 0.5) is 0 Å². The Balaban J connectivity index is 1.69. The standard InChI is InChI=1S/C14H16N2O4S/c1-18-11-4-9(5-12-13(11)20-3-2-19-12)6-15-7-10-8-21-14(17)16-10/h4-5,8,15H,2-3,6-7H2,1H3,(H,16,17). The third-order valence-corrected chi connectivity index (χ3v) is 3.82. The summed E-state index contributed by atoms with van der Waals surface area (Å²) in [5.41, 5.74) is 1.92. The number of H-pyrrole nitrogens is 1. The van der Waals surface area contributed by atoms with Gasteiger partial charge in [0.2, 0.25) is 5.75 Å². The largest absolute Gasteiger partial charge is 0.493 e. The average Bonchev–Trinajstić information content (AvgIpc) is 2.92. The number of thiazole rings is 1. The van der Waals surface area contributed by atoms with E-state index >= 15 is 0 Å². The maximum Gasteiger partial charge on any atom is 0.304 e. The summed E-state index contributed by atoms with van der Waals surface area (Å²) in [6.45, 7) is 2.33. The summed E-state index contributed by atoms with van der Waals surface area (Å²) >= 11 is 1.17. The lowest BCUT2D eigenvalue weighted by molar-refractivity contribution is 0.165. The van der Waals surface area contributed by atoms with Crippen molar-refractivity contribution in [1.82, 2.24) is 10.3 Å². The van der Waals surface area contributed by atoms with E-state index in [1.165, 1.54) is 11.3 Å². The van der Waals surface area contributed by atoms with Crippen molar-refractivity contribution in [3.63, 3.8) is 0 Å². The molecule has 0 radical (unpaired) electrons. The molecule has 7 heteroatoms. The number of hydrogen-bond acceptors (Lipinski definition) is 6. The van der Waals surface area contributed by atoms with Gasteiger partial charge in [0.25, 0.3) is 0 Å². The van der Waals surface area contributed by atoms with Crippen LogP contribution in [0, 0.1) is 0 Å². The molecule has 1 aliphatic rings. The summed E-state index contributed by atoms with van der Waals surface area (Å²) in [6.07, 6.45) is 0. The summed E-state index contributed by atoms with van der Waals surface area (Å²) in [5.74, 6) is 2.05. The van der Waals surface area contributed by atoms with E-state index in [-0.39, 0.29) is 4.87 Å². The van der Waals surface area contributed by atoms with Crippen LogP contribution in [-0.4, -0.2) is 25.3 Å². The van der Waals surface area contributed by atoms with Crippen molar-refractivity contribution >= 4 is 11.3 Å². The fourth-order valence-electron chi connectivity index (χ4n) is 2.17. The van der Waals surface area contributed by atoms with Crippen LogP contribution in [0.3, 0.4) is 0 Å². The Morgan fingerprint density at radius 1 is 1.33 bits per heavy atom. The zero-order chi connectivity index (χ0) is 14.7. The molecule has 112 valence electrons. The van der Waals surface area contributed by atoms with Crippen LogP contribution < -0.4 is 24.4 Å². The van der Waals surface area contributed by atoms with Gasteiger partial charge in [-0.15, -0.1) is 0 Å². The molecule has 0 saturated carbocycles. The first kappa shape index (κ1) is 14.0. The number of methoxy groups -OCH3 is 1. The summed E-state index contributed by atoms with van der Waals surface area (Å²) in [5, 5.41) is 5.09. The second-order valence-corrected chi connectivity index (χ2v) is 5.44. The first-order chi connectivity index (χ1) is 10.3. The molecule has 1 aliphatic heterocycles. The zero-order valence-electron chi connectivity index (χ0n) is 11.6. The third-order valence-electron chi connectivity index (χ3n) is 3.10. The molecule has 2 N–H and O–H groups in total.